The standard InChI is InChI=1S/C24H30N2O3/c1-18(2)16-22(23(25)27)21(15-9-14-19-10-5-3-6-11-19)24(28)26-29-17-20-12-7-4-8-13-20/h3-14,18,21-22H,15-17H2,1-2H3,(H2,25,27)(H,26,28)/t21-,22+/m0/s1. The third kappa shape index (κ3) is 7.92. The lowest BCUT2D eigenvalue weighted by Crippen LogP contribution is -2.40. The van der Waals surface area contributed by atoms with Crippen LogP contribution in [-0.4, -0.2) is 11.8 Å². The van der Waals surface area contributed by atoms with Gasteiger partial charge in [-0.25, -0.2) is 5.48 Å². The van der Waals surface area contributed by atoms with Gasteiger partial charge in [0.2, 0.25) is 11.8 Å². The van der Waals surface area contributed by atoms with Gasteiger partial charge < -0.3 is 5.73 Å². The van der Waals surface area contributed by atoms with Crippen LogP contribution in [-0.2, 0) is 21.0 Å². The number of hydroxylamine groups is 1. The van der Waals surface area contributed by atoms with E-state index in [-0.39, 0.29) is 18.4 Å². The third-order valence-corrected chi connectivity index (χ3v) is 4.67. The van der Waals surface area contributed by atoms with E-state index in [1.165, 1.54) is 0 Å². The molecule has 0 saturated carbocycles. The van der Waals surface area contributed by atoms with Crippen molar-refractivity contribution in [2.75, 3.05) is 0 Å². The number of allylic oxidation sites excluding steroid dienone is 1. The van der Waals surface area contributed by atoms with Crippen LogP contribution >= 0.6 is 0 Å². The van der Waals surface area contributed by atoms with Crippen molar-refractivity contribution >= 4 is 17.9 Å². The Labute approximate surface area is 172 Å². The monoisotopic (exact) mass is 394 g/mol. The molecule has 0 spiro atoms. The number of nitrogens with one attached hydrogen (secondary N) is 1. The van der Waals surface area contributed by atoms with E-state index in [1.807, 2.05) is 86.7 Å². The van der Waals surface area contributed by atoms with Crippen LogP contribution in [0, 0.1) is 17.8 Å². The van der Waals surface area contributed by atoms with Gasteiger partial charge in [0.1, 0.15) is 0 Å². The topological polar surface area (TPSA) is 81.4 Å². The first-order chi connectivity index (χ1) is 14.0. The van der Waals surface area contributed by atoms with Gasteiger partial charge in [0, 0.05) is 5.92 Å². The van der Waals surface area contributed by atoms with E-state index in [0.717, 1.165) is 11.1 Å². The van der Waals surface area contributed by atoms with Gasteiger partial charge in [-0.1, -0.05) is 86.7 Å². The second-order valence-corrected chi connectivity index (χ2v) is 7.53. The first-order valence-electron chi connectivity index (χ1n) is 9.94. The van der Waals surface area contributed by atoms with E-state index in [2.05, 4.69) is 5.48 Å². The first kappa shape index (κ1) is 22.4. The van der Waals surface area contributed by atoms with E-state index < -0.39 is 17.7 Å². The van der Waals surface area contributed by atoms with Crippen molar-refractivity contribution in [1.82, 2.24) is 5.48 Å². The van der Waals surface area contributed by atoms with Crippen molar-refractivity contribution in [3.63, 3.8) is 0 Å². The number of amides is 2. The molecule has 2 rings (SSSR count). The molecule has 0 aromatic heterocycles. The predicted molar refractivity (Wildman–Crippen MR) is 115 cm³/mol. The molecule has 0 aliphatic heterocycles. The predicted octanol–water partition coefficient (Wildman–Crippen LogP) is 4.10. The fourth-order valence-electron chi connectivity index (χ4n) is 3.20. The zero-order valence-electron chi connectivity index (χ0n) is 17.1. The third-order valence-electron chi connectivity index (χ3n) is 4.67. The van der Waals surface area contributed by atoms with Crippen LogP contribution in [0.2, 0.25) is 0 Å². The Morgan fingerprint density at radius 2 is 1.62 bits per heavy atom. The summed E-state index contributed by atoms with van der Waals surface area (Å²) in [6.07, 6.45) is 4.80. The minimum atomic E-state index is -0.592. The summed E-state index contributed by atoms with van der Waals surface area (Å²) in [6, 6.07) is 19.4. The second-order valence-electron chi connectivity index (χ2n) is 7.53. The molecule has 0 aliphatic rings. The van der Waals surface area contributed by atoms with E-state index in [0.29, 0.717) is 12.8 Å². The Balaban J connectivity index is 2.06. The largest absolute Gasteiger partial charge is 0.369 e. The van der Waals surface area contributed by atoms with Crippen LogP contribution in [0.4, 0.5) is 0 Å². The van der Waals surface area contributed by atoms with Crippen LogP contribution in [0.3, 0.4) is 0 Å². The fourth-order valence-corrected chi connectivity index (χ4v) is 3.20. The molecule has 29 heavy (non-hydrogen) atoms. The number of carbonyl (C=O) groups excluding carboxylic acids is 2. The summed E-state index contributed by atoms with van der Waals surface area (Å²) in [7, 11) is 0. The Morgan fingerprint density at radius 3 is 2.21 bits per heavy atom. The molecule has 0 heterocycles. The van der Waals surface area contributed by atoms with Crippen LogP contribution in [0.1, 0.15) is 37.8 Å². The number of benzene rings is 2. The zero-order valence-corrected chi connectivity index (χ0v) is 17.1. The van der Waals surface area contributed by atoms with Crippen LogP contribution in [0.25, 0.3) is 6.08 Å². The molecular weight excluding hydrogens is 364 g/mol. The fraction of sp³-hybridized carbons (Fsp3) is 0.333. The van der Waals surface area contributed by atoms with E-state index in [9.17, 15) is 9.59 Å². The number of hydrogen-bond donors (Lipinski definition) is 2. The Hall–Kier alpha value is -2.92. The molecule has 3 N–H and O–H groups in total. The highest BCUT2D eigenvalue weighted by molar-refractivity contribution is 5.86. The molecule has 2 amide bonds. The summed E-state index contributed by atoms with van der Waals surface area (Å²) in [5.74, 6) is -1.70. The number of rotatable bonds is 11. The summed E-state index contributed by atoms with van der Waals surface area (Å²) in [6.45, 7) is 4.28. The maximum atomic E-state index is 12.8. The van der Waals surface area contributed by atoms with Gasteiger partial charge >= 0.3 is 0 Å². The highest BCUT2D eigenvalue weighted by Gasteiger charge is 2.32. The van der Waals surface area contributed by atoms with E-state index >= 15 is 0 Å². The van der Waals surface area contributed by atoms with Crippen molar-refractivity contribution in [1.29, 1.82) is 0 Å². The highest BCUT2D eigenvalue weighted by atomic mass is 16.6. The Kier molecular flexibility index (Phi) is 9.12. The number of nitrogens with two attached hydrogens (primary N) is 1. The number of carbonyl (C=O) groups is 2. The van der Waals surface area contributed by atoms with E-state index in [4.69, 9.17) is 10.6 Å². The summed E-state index contributed by atoms with van der Waals surface area (Å²) in [5, 5.41) is 0. The van der Waals surface area contributed by atoms with Gasteiger partial charge in [0.15, 0.2) is 0 Å². The maximum Gasteiger partial charge on any atom is 0.247 e. The zero-order chi connectivity index (χ0) is 21.1. The lowest BCUT2D eigenvalue weighted by Gasteiger charge is -2.24. The minimum absolute atomic E-state index is 0.242. The number of hydrogen-bond acceptors (Lipinski definition) is 3. The smallest absolute Gasteiger partial charge is 0.247 e. The van der Waals surface area contributed by atoms with Crippen molar-refractivity contribution in [3.8, 4) is 0 Å². The maximum absolute atomic E-state index is 12.8. The molecule has 0 unspecified atom stereocenters. The summed E-state index contributed by atoms with van der Waals surface area (Å²) < 4.78 is 0. The van der Waals surface area contributed by atoms with Gasteiger partial charge in [-0.15, -0.1) is 0 Å². The van der Waals surface area contributed by atoms with Gasteiger partial charge in [-0.2, -0.15) is 0 Å². The van der Waals surface area contributed by atoms with Crippen molar-refractivity contribution in [2.24, 2.45) is 23.5 Å². The molecule has 0 aliphatic carbocycles. The highest BCUT2D eigenvalue weighted by Crippen LogP contribution is 2.25. The van der Waals surface area contributed by atoms with Gasteiger partial charge in [-0.05, 0) is 29.9 Å². The average Bonchev–Trinajstić information content (AvgIpc) is 2.71. The molecule has 0 radical (unpaired) electrons. The second kappa shape index (κ2) is 11.8. The number of primary amides is 1. The molecule has 2 aromatic rings. The van der Waals surface area contributed by atoms with Gasteiger partial charge in [0.05, 0.1) is 12.5 Å². The lowest BCUT2D eigenvalue weighted by atomic mass is 9.82. The minimum Gasteiger partial charge on any atom is -0.369 e. The van der Waals surface area contributed by atoms with E-state index in [1.54, 1.807) is 0 Å². The average molecular weight is 395 g/mol. The molecule has 5 heteroatoms. The van der Waals surface area contributed by atoms with Gasteiger partial charge in [-0.3, -0.25) is 14.4 Å². The molecule has 0 fully saturated rings. The van der Waals surface area contributed by atoms with Gasteiger partial charge in [0.25, 0.3) is 0 Å². The van der Waals surface area contributed by atoms with Crippen LogP contribution in [0.15, 0.2) is 66.7 Å². The van der Waals surface area contributed by atoms with Crippen molar-refractivity contribution in [2.45, 2.75) is 33.3 Å². The normalized spacial score (nSPS) is 13.3. The first-order valence-corrected chi connectivity index (χ1v) is 9.94. The summed E-state index contributed by atoms with van der Waals surface area (Å²) in [5.41, 5.74) is 10.1. The molecule has 154 valence electrons. The van der Waals surface area contributed by atoms with Crippen molar-refractivity contribution < 1.29 is 14.4 Å². The SMILES string of the molecule is CC(C)C[C@@H](C(N)=O)[C@H](CC=Cc1ccccc1)C(=O)NOCc1ccccc1. The van der Waals surface area contributed by atoms with Crippen LogP contribution < -0.4 is 11.2 Å². The lowest BCUT2D eigenvalue weighted by molar-refractivity contribution is -0.144. The Morgan fingerprint density at radius 1 is 1.00 bits per heavy atom. The Bertz CT molecular complexity index is 788. The quantitative estimate of drug-likeness (QED) is 0.563. The molecule has 5 nitrogen and oxygen atoms in total. The molecular formula is C24H30N2O3. The molecule has 2 atom stereocenters. The summed E-state index contributed by atoms with van der Waals surface area (Å²) >= 11 is 0. The molecule has 0 saturated heterocycles. The molecule has 0 bridgehead atoms. The van der Waals surface area contributed by atoms with Crippen molar-refractivity contribution in [3.05, 3.63) is 77.9 Å². The summed E-state index contributed by atoms with van der Waals surface area (Å²) in [4.78, 5) is 30.3. The molecule has 2 aromatic carbocycles. The van der Waals surface area contributed by atoms with Crippen LogP contribution in [0.5, 0.6) is 0 Å².